The van der Waals surface area contributed by atoms with Gasteiger partial charge in [0.1, 0.15) is 5.75 Å². The van der Waals surface area contributed by atoms with Crippen LogP contribution >= 0.6 is 0 Å². The topological polar surface area (TPSA) is 53.6 Å². The van der Waals surface area contributed by atoms with Gasteiger partial charge in [0.05, 0.1) is 12.5 Å². The van der Waals surface area contributed by atoms with E-state index in [1.54, 1.807) is 24.7 Å². The van der Waals surface area contributed by atoms with E-state index in [2.05, 4.69) is 0 Å². The molecule has 0 bridgehead atoms. The molecule has 0 radical (unpaired) electrons. The molecule has 3 aromatic rings. The number of phenolic OH excluding ortho intramolecular Hbond substituents is 1. The molecule has 0 spiro atoms. The monoisotopic (exact) mass is 264 g/mol. The minimum absolute atomic E-state index is 0.0382. The van der Waals surface area contributed by atoms with E-state index in [-0.39, 0.29) is 13.2 Å². The number of furan rings is 1. The number of aromatic hydroxyl groups is 1. The zero-order chi connectivity index (χ0) is 13.9. The average Bonchev–Trinajstić information content (AvgIpc) is 2.97. The maximum Gasteiger partial charge on any atom is 0.304 e. The van der Waals surface area contributed by atoms with Crippen molar-refractivity contribution in [1.29, 1.82) is 0 Å². The quantitative estimate of drug-likeness (QED) is 0.713. The van der Waals surface area contributed by atoms with Gasteiger partial charge in [-0.25, -0.2) is 0 Å². The van der Waals surface area contributed by atoms with E-state index in [1.165, 1.54) is 0 Å². The van der Waals surface area contributed by atoms with E-state index in [4.69, 9.17) is 9.44 Å². The summed E-state index contributed by atoms with van der Waals surface area (Å²) in [4.78, 5) is 0. The summed E-state index contributed by atoms with van der Waals surface area (Å²) >= 11 is 0. The van der Waals surface area contributed by atoms with Crippen molar-refractivity contribution in [3.8, 4) is 28.0 Å². The number of benzene rings is 2. The van der Waals surface area contributed by atoms with Crippen LogP contribution in [0.3, 0.4) is 0 Å². The smallest absolute Gasteiger partial charge is 0.304 e. The summed E-state index contributed by atoms with van der Waals surface area (Å²) in [7, 11) is 0.0382. The second-order valence-corrected chi connectivity index (χ2v) is 4.60. The van der Waals surface area contributed by atoms with Crippen molar-refractivity contribution in [2.45, 2.75) is 0 Å². The fraction of sp³-hybridized carbons (Fsp3) is 0. The second kappa shape index (κ2) is 5.27. The molecule has 0 aliphatic heterocycles. The highest BCUT2D eigenvalue weighted by molar-refractivity contribution is 6.45. The van der Waals surface area contributed by atoms with Gasteiger partial charge in [-0.3, -0.25) is 0 Å². The van der Waals surface area contributed by atoms with E-state index in [0.29, 0.717) is 0 Å². The zero-order valence-corrected chi connectivity index (χ0v) is 10.8. The minimum Gasteiger partial charge on any atom is -0.508 e. The summed E-state index contributed by atoms with van der Waals surface area (Å²) in [5, 5.41) is 18.4. The zero-order valence-electron chi connectivity index (χ0n) is 10.8. The largest absolute Gasteiger partial charge is 0.508 e. The van der Waals surface area contributed by atoms with Crippen LogP contribution in [0.25, 0.3) is 22.3 Å². The van der Waals surface area contributed by atoms with Crippen molar-refractivity contribution < 1.29 is 14.5 Å². The van der Waals surface area contributed by atoms with Crippen molar-refractivity contribution in [2.75, 3.05) is 0 Å². The van der Waals surface area contributed by atoms with Gasteiger partial charge < -0.3 is 14.5 Å². The van der Waals surface area contributed by atoms with Crippen LogP contribution in [0.5, 0.6) is 5.75 Å². The van der Waals surface area contributed by atoms with Crippen LogP contribution in [-0.2, 0) is 0 Å². The summed E-state index contributed by atoms with van der Waals surface area (Å²) in [5.74, 6) is 0.242. The highest BCUT2D eigenvalue weighted by atomic mass is 16.3. The highest BCUT2D eigenvalue weighted by Crippen LogP contribution is 2.33. The number of phenols is 1. The molecule has 0 saturated heterocycles. The first-order chi connectivity index (χ1) is 9.78. The van der Waals surface area contributed by atoms with Crippen LogP contribution in [0.15, 0.2) is 65.5 Å². The van der Waals surface area contributed by atoms with Gasteiger partial charge >= 0.3 is 7.48 Å². The Bertz CT molecular complexity index is 699. The lowest BCUT2D eigenvalue weighted by Crippen LogP contribution is -2.11. The molecule has 0 unspecified atom stereocenters. The Labute approximate surface area is 117 Å². The van der Waals surface area contributed by atoms with Gasteiger partial charge in [-0.15, -0.1) is 0 Å². The average molecular weight is 264 g/mol. The van der Waals surface area contributed by atoms with Crippen molar-refractivity contribution in [3.63, 3.8) is 0 Å². The van der Waals surface area contributed by atoms with E-state index in [1.807, 2.05) is 36.4 Å². The molecule has 98 valence electrons. The Morgan fingerprint density at radius 3 is 1.75 bits per heavy atom. The Kier molecular flexibility index (Phi) is 3.31. The molecule has 0 amide bonds. The first-order valence-electron chi connectivity index (χ1n) is 6.33. The van der Waals surface area contributed by atoms with Gasteiger partial charge in [0.2, 0.25) is 0 Å². The standard InChI is InChI=1S/C16H13BO3/c18-14-7-3-12(4-8-14)16-10-20-9-15(16)11-1-5-13(17-19)6-2-11/h1-10,17-19H. The molecule has 0 aliphatic rings. The van der Waals surface area contributed by atoms with Gasteiger partial charge in [-0.2, -0.15) is 0 Å². The molecule has 0 aliphatic carbocycles. The predicted molar refractivity (Wildman–Crippen MR) is 80.2 cm³/mol. The van der Waals surface area contributed by atoms with Crippen LogP contribution < -0.4 is 5.46 Å². The van der Waals surface area contributed by atoms with Gasteiger partial charge in [-0.1, -0.05) is 41.9 Å². The van der Waals surface area contributed by atoms with Crippen LogP contribution in [0.1, 0.15) is 0 Å². The van der Waals surface area contributed by atoms with Crippen LogP contribution in [-0.4, -0.2) is 17.6 Å². The molecular formula is C16H13BO3. The molecule has 2 aromatic carbocycles. The molecule has 3 rings (SSSR count). The third-order valence-electron chi connectivity index (χ3n) is 3.29. The van der Waals surface area contributed by atoms with Crippen molar-refractivity contribution in [1.82, 2.24) is 0 Å². The normalized spacial score (nSPS) is 10.4. The Balaban J connectivity index is 2.02. The van der Waals surface area contributed by atoms with Crippen molar-refractivity contribution in [2.24, 2.45) is 0 Å². The first kappa shape index (κ1) is 12.6. The third-order valence-corrected chi connectivity index (χ3v) is 3.29. The lowest BCUT2D eigenvalue weighted by molar-refractivity contribution is 0.475. The molecule has 20 heavy (non-hydrogen) atoms. The lowest BCUT2D eigenvalue weighted by atomic mass is 9.87. The molecule has 0 saturated carbocycles. The summed E-state index contributed by atoms with van der Waals surface area (Å²) < 4.78 is 5.33. The summed E-state index contributed by atoms with van der Waals surface area (Å²) in [6.45, 7) is 0. The highest BCUT2D eigenvalue weighted by Gasteiger charge is 2.10. The molecule has 3 nitrogen and oxygen atoms in total. The van der Waals surface area contributed by atoms with Gasteiger partial charge in [0.15, 0.2) is 0 Å². The van der Waals surface area contributed by atoms with Crippen molar-refractivity contribution in [3.05, 3.63) is 61.1 Å². The van der Waals surface area contributed by atoms with Gasteiger partial charge in [0.25, 0.3) is 0 Å². The molecule has 1 heterocycles. The Morgan fingerprint density at radius 1 is 0.750 bits per heavy atom. The fourth-order valence-corrected chi connectivity index (χ4v) is 2.17. The van der Waals surface area contributed by atoms with E-state index in [0.717, 1.165) is 27.7 Å². The maximum atomic E-state index is 9.35. The van der Waals surface area contributed by atoms with Crippen LogP contribution in [0.2, 0.25) is 0 Å². The predicted octanol–water partition coefficient (Wildman–Crippen LogP) is 2.29. The summed E-state index contributed by atoms with van der Waals surface area (Å²) in [5.41, 5.74) is 4.85. The van der Waals surface area contributed by atoms with E-state index in [9.17, 15) is 5.11 Å². The molecule has 2 N–H and O–H groups in total. The first-order valence-corrected chi connectivity index (χ1v) is 6.33. The number of hydrogen-bond donors (Lipinski definition) is 2. The van der Waals surface area contributed by atoms with E-state index >= 15 is 0 Å². The molecule has 0 atom stereocenters. The Morgan fingerprint density at radius 2 is 1.25 bits per heavy atom. The van der Waals surface area contributed by atoms with Gasteiger partial charge in [-0.05, 0) is 23.3 Å². The van der Waals surface area contributed by atoms with Crippen LogP contribution in [0.4, 0.5) is 0 Å². The second-order valence-electron chi connectivity index (χ2n) is 4.60. The Hall–Kier alpha value is -2.46. The maximum absolute atomic E-state index is 9.35. The van der Waals surface area contributed by atoms with E-state index < -0.39 is 0 Å². The lowest BCUT2D eigenvalue weighted by Gasteiger charge is -2.04. The molecular weight excluding hydrogens is 251 g/mol. The molecule has 4 heteroatoms. The number of rotatable bonds is 3. The minimum atomic E-state index is 0.0382. The SMILES string of the molecule is OBc1ccc(-c2cocc2-c2ccc(O)cc2)cc1. The van der Waals surface area contributed by atoms with Crippen molar-refractivity contribution >= 4 is 12.9 Å². The molecule has 1 aromatic heterocycles. The molecule has 0 fully saturated rings. The third kappa shape index (κ3) is 2.33. The van der Waals surface area contributed by atoms with Crippen LogP contribution in [0, 0.1) is 0 Å². The summed E-state index contributed by atoms with van der Waals surface area (Å²) in [6.07, 6.45) is 3.40. The fourth-order valence-electron chi connectivity index (χ4n) is 2.17. The number of hydrogen-bond acceptors (Lipinski definition) is 3. The van der Waals surface area contributed by atoms with Gasteiger partial charge in [0, 0.05) is 11.1 Å². The summed E-state index contributed by atoms with van der Waals surface area (Å²) in [6, 6.07) is 14.7.